The van der Waals surface area contributed by atoms with Gasteiger partial charge in [-0.05, 0) is 25.1 Å². The van der Waals surface area contributed by atoms with Crippen molar-refractivity contribution in [1.82, 2.24) is 14.9 Å². The molecule has 5 nitrogen and oxygen atoms in total. The van der Waals surface area contributed by atoms with Crippen LogP contribution < -0.4 is 4.90 Å². The fourth-order valence-corrected chi connectivity index (χ4v) is 3.16. The maximum atomic E-state index is 6.05. The molecule has 1 aliphatic rings. The maximum Gasteiger partial charge on any atom is 0.139 e. The lowest BCUT2D eigenvalue weighted by Crippen LogP contribution is -2.51. The highest BCUT2D eigenvalue weighted by Crippen LogP contribution is 2.26. The van der Waals surface area contributed by atoms with E-state index >= 15 is 0 Å². The predicted octanol–water partition coefficient (Wildman–Crippen LogP) is 2.44. The molecule has 2 heterocycles. The van der Waals surface area contributed by atoms with Crippen molar-refractivity contribution in [2.45, 2.75) is 13.0 Å². The number of methoxy groups -OCH3 is 1. The van der Waals surface area contributed by atoms with E-state index in [1.54, 1.807) is 13.4 Å². The largest absolute Gasteiger partial charge is 0.383 e. The van der Waals surface area contributed by atoms with E-state index in [4.69, 9.17) is 16.3 Å². The van der Waals surface area contributed by atoms with E-state index < -0.39 is 0 Å². The van der Waals surface area contributed by atoms with Crippen molar-refractivity contribution in [2.75, 3.05) is 44.8 Å². The van der Waals surface area contributed by atoms with Gasteiger partial charge in [0.2, 0.25) is 0 Å². The van der Waals surface area contributed by atoms with Gasteiger partial charge in [0, 0.05) is 49.7 Å². The Bertz CT molecular complexity index is 643. The normalized spacial score (nSPS) is 17.9. The van der Waals surface area contributed by atoms with Gasteiger partial charge in [0.25, 0.3) is 0 Å². The van der Waals surface area contributed by atoms with Crippen LogP contribution >= 0.6 is 11.6 Å². The second-order valence-electron chi connectivity index (χ2n) is 5.69. The summed E-state index contributed by atoms with van der Waals surface area (Å²) in [6.07, 6.45) is 1.62. The van der Waals surface area contributed by atoms with Gasteiger partial charge in [-0.2, -0.15) is 0 Å². The van der Waals surface area contributed by atoms with Crippen molar-refractivity contribution in [1.29, 1.82) is 0 Å². The Morgan fingerprint density at radius 1 is 1.23 bits per heavy atom. The summed E-state index contributed by atoms with van der Waals surface area (Å²) in [5.74, 6) is 1.00. The molecular formula is C16H21ClN4O. The molecule has 1 aromatic carbocycles. The predicted molar refractivity (Wildman–Crippen MR) is 89.7 cm³/mol. The molecule has 1 unspecified atom stereocenters. The van der Waals surface area contributed by atoms with E-state index in [1.165, 1.54) is 0 Å². The fourth-order valence-electron chi connectivity index (χ4n) is 2.99. The molecule has 3 rings (SSSR count). The van der Waals surface area contributed by atoms with Crippen molar-refractivity contribution >= 4 is 28.3 Å². The molecule has 118 valence electrons. The summed E-state index contributed by atoms with van der Waals surface area (Å²) in [7, 11) is 1.75. The van der Waals surface area contributed by atoms with E-state index in [0.29, 0.717) is 11.1 Å². The minimum absolute atomic E-state index is 0.452. The molecule has 0 N–H and O–H groups in total. The van der Waals surface area contributed by atoms with Gasteiger partial charge in [0.15, 0.2) is 0 Å². The summed E-state index contributed by atoms with van der Waals surface area (Å²) < 4.78 is 5.25. The van der Waals surface area contributed by atoms with E-state index in [2.05, 4.69) is 26.7 Å². The van der Waals surface area contributed by atoms with Crippen molar-refractivity contribution in [2.24, 2.45) is 0 Å². The first kappa shape index (κ1) is 15.5. The summed E-state index contributed by atoms with van der Waals surface area (Å²) in [6, 6.07) is 6.24. The topological polar surface area (TPSA) is 41.5 Å². The minimum Gasteiger partial charge on any atom is -0.383 e. The van der Waals surface area contributed by atoms with Crippen LogP contribution in [-0.2, 0) is 4.74 Å². The van der Waals surface area contributed by atoms with Crippen LogP contribution in [0.2, 0.25) is 5.02 Å². The first-order valence-corrected chi connectivity index (χ1v) is 7.95. The Hall–Kier alpha value is -1.43. The molecule has 0 aliphatic carbocycles. The standard InChI is InChI=1S/C16H21ClN4O/c1-12(10-22-2)20-5-7-21(8-6-20)16-14-4-3-13(17)9-15(14)18-11-19-16/h3-4,9,11-12H,5-8,10H2,1-2H3. The lowest BCUT2D eigenvalue weighted by Gasteiger charge is -2.38. The smallest absolute Gasteiger partial charge is 0.139 e. The highest BCUT2D eigenvalue weighted by molar-refractivity contribution is 6.31. The van der Waals surface area contributed by atoms with Crippen LogP contribution in [0, 0.1) is 0 Å². The third-order valence-corrected chi connectivity index (χ3v) is 4.46. The third kappa shape index (κ3) is 3.16. The summed E-state index contributed by atoms with van der Waals surface area (Å²) >= 11 is 6.05. The molecule has 1 aromatic heterocycles. The zero-order valence-electron chi connectivity index (χ0n) is 13.0. The Kier molecular flexibility index (Phi) is 4.76. The molecule has 0 saturated carbocycles. The van der Waals surface area contributed by atoms with Gasteiger partial charge < -0.3 is 9.64 Å². The fraction of sp³-hybridized carbons (Fsp3) is 0.500. The van der Waals surface area contributed by atoms with Crippen LogP contribution in [0.1, 0.15) is 6.92 Å². The Balaban J connectivity index is 1.76. The molecule has 0 amide bonds. The van der Waals surface area contributed by atoms with Crippen molar-refractivity contribution in [3.63, 3.8) is 0 Å². The van der Waals surface area contributed by atoms with Crippen LogP contribution in [0.5, 0.6) is 0 Å². The van der Waals surface area contributed by atoms with E-state index in [0.717, 1.165) is 49.5 Å². The molecule has 0 spiro atoms. The number of aromatic nitrogens is 2. The lowest BCUT2D eigenvalue weighted by atomic mass is 10.2. The van der Waals surface area contributed by atoms with Crippen LogP contribution in [0.25, 0.3) is 10.9 Å². The van der Waals surface area contributed by atoms with Gasteiger partial charge in [-0.1, -0.05) is 11.6 Å². The lowest BCUT2D eigenvalue weighted by molar-refractivity contribution is 0.0952. The van der Waals surface area contributed by atoms with Crippen molar-refractivity contribution < 1.29 is 4.74 Å². The van der Waals surface area contributed by atoms with Crippen molar-refractivity contribution in [3.05, 3.63) is 29.5 Å². The highest BCUT2D eigenvalue weighted by atomic mass is 35.5. The van der Waals surface area contributed by atoms with Gasteiger partial charge in [0.1, 0.15) is 12.1 Å². The van der Waals surface area contributed by atoms with E-state index in [9.17, 15) is 0 Å². The molecule has 0 radical (unpaired) electrons. The summed E-state index contributed by atoms with van der Waals surface area (Å²) in [5, 5.41) is 1.76. The molecule has 1 saturated heterocycles. The number of hydrogen-bond acceptors (Lipinski definition) is 5. The van der Waals surface area contributed by atoms with Gasteiger partial charge in [-0.3, -0.25) is 4.90 Å². The van der Waals surface area contributed by atoms with Gasteiger partial charge in [-0.15, -0.1) is 0 Å². The monoisotopic (exact) mass is 320 g/mol. The molecular weight excluding hydrogens is 300 g/mol. The van der Waals surface area contributed by atoms with Gasteiger partial charge in [-0.25, -0.2) is 9.97 Å². The second-order valence-corrected chi connectivity index (χ2v) is 6.12. The number of anilines is 1. The molecule has 0 bridgehead atoms. The number of nitrogens with zero attached hydrogens (tertiary/aromatic N) is 4. The summed E-state index contributed by atoms with van der Waals surface area (Å²) in [4.78, 5) is 13.6. The average molecular weight is 321 g/mol. The quantitative estimate of drug-likeness (QED) is 0.865. The Morgan fingerprint density at radius 2 is 2.00 bits per heavy atom. The number of benzene rings is 1. The first-order valence-electron chi connectivity index (χ1n) is 7.57. The number of hydrogen-bond donors (Lipinski definition) is 0. The van der Waals surface area contributed by atoms with Crippen molar-refractivity contribution in [3.8, 4) is 0 Å². The van der Waals surface area contributed by atoms with Crippen LogP contribution in [-0.4, -0.2) is 60.8 Å². The number of piperazine rings is 1. The first-order chi connectivity index (χ1) is 10.7. The molecule has 1 atom stereocenters. The number of fused-ring (bicyclic) bond motifs is 1. The Labute approximate surface area is 135 Å². The third-order valence-electron chi connectivity index (χ3n) is 4.22. The minimum atomic E-state index is 0.452. The van der Waals surface area contributed by atoms with Crippen LogP contribution in [0.4, 0.5) is 5.82 Å². The van der Waals surface area contributed by atoms with Crippen LogP contribution in [0.3, 0.4) is 0 Å². The number of halogens is 1. The molecule has 2 aromatic rings. The Morgan fingerprint density at radius 3 is 2.73 bits per heavy atom. The summed E-state index contributed by atoms with van der Waals surface area (Å²) in [5.41, 5.74) is 0.896. The molecule has 1 fully saturated rings. The second kappa shape index (κ2) is 6.77. The number of rotatable bonds is 4. The molecule has 1 aliphatic heterocycles. The summed E-state index contributed by atoms with van der Waals surface area (Å²) in [6.45, 7) is 6.94. The van der Waals surface area contributed by atoms with E-state index in [1.807, 2.05) is 18.2 Å². The van der Waals surface area contributed by atoms with Crippen LogP contribution in [0.15, 0.2) is 24.5 Å². The molecule has 22 heavy (non-hydrogen) atoms. The SMILES string of the molecule is COCC(C)N1CCN(c2ncnc3cc(Cl)ccc23)CC1. The molecule has 6 heteroatoms. The highest BCUT2D eigenvalue weighted by Gasteiger charge is 2.22. The van der Waals surface area contributed by atoms with Gasteiger partial charge in [0.05, 0.1) is 12.1 Å². The van der Waals surface area contributed by atoms with E-state index in [-0.39, 0.29) is 0 Å². The van der Waals surface area contributed by atoms with Gasteiger partial charge >= 0.3 is 0 Å². The average Bonchev–Trinajstić information content (AvgIpc) is 2.54. The zero-order chi connectivity index (χ0) is 15.5. The number of ether oxygens (including phenoxy) is 1. The zero-order valence-corrected chi connectivity index (χ0v) is 13.8. The maximum absolute atomic E-state index is 6.05.